The first-order chi connectivity index (χ1) is 6.45. The predicted molar refractivity (Wildman–Crippen MR) is 54.7 cm³/mol. The zero-order chi connectivity index (χ0) is 10.8. The van der Waals surface area contributed by atoms with Gasteiger partial charge in [0.1, 0.15) is 12.8 Å². The molecule has 0 aliphatic heterocycles. The molecule has 1 aromatic heterocycles. The van der Waals surface area contributed by atoms with Crippen molar-refractivity contribution >= 4 is 18.4 Å². The number of ether oxygens (including phenoxy) is 1. The molecule has 0 fully saturated rings. The Balaban J connectivity index is 3.01. The van der Waals surface area contributed by atoms with Crippen molar-refractivity contribution in [3.05, 3.63) is 24.0 Å². The number of methoxy groups -OCH3 is 1. The number of esters is 1. The van der Waals surface area contributed by atoms with E-state index in [1.165, 1.54) is 19.4 Å². The maximum Gasteiger partial charge on any atom is 0.356 e. The average molecular weight is 213 g/mol. The molecule has 0 atom stereocenters. The fourth-order valence-electron chi connectivity index (χ4n) is 0.930. The van der Waals surface area contributed by atoms with Gasteiger partial charge < -0.3 is 9.30 Å². The summed E-state index contributed by atoms with van der Waals surface area (Å²) in [5, 5.41) is 0.658. The second kappa shape index (κ2) is 3.93. The van der Waals surface area contributed by atoms with Crippen molar-refractivity contribution in [3.8, 4) is 0 Å². The van der Waals surface area contributed by atoms with Gasteiger partial charge in [-0.15, -0.1) is 0 Å². The second-order valence-electron chi connectivity index (χ2n) is 3.24. The van der Waals surface area contributed by atoms with Crippen LogP contribution in [0.2, 0.25) is 0 Å². The largest absolute Gasteiger partial charge is 0.464 e. The molecule has 1 rings (SSSR count). The Morgan fingerprint density at radius 2 is 2.07 bits per heavy atom. The Kier molecular flexibility index (Phi) is 3.06. The summed E-state index contributed by atoms with van der Waals surface area (Å²) < 4.78 is 16.1. The first-order valence-corrected chi connectivity index (χ1v) is 6.65. The molecular weight excluding hydrogens is 201 g/mol. The Bertz CT molecular complexity index is 380. The lowest BCUT2D eigenvalue weighted by molar-refractivity contribution is 0.0594. The van der Waals surface area contributed by atoms with E-state index in [9.17, 15) is 9.36 Å². The standard InChI is InChI=1S/C9H12NO3P/c1-13-9(11)8-5-4-7(6-10-8)14(2,3)12/h4-6H,1-3H3. The molecule has 4 nitrogen and oxygen atoms in total. The Hall–Kier alpha value is -1.15. The molecule has 0 aliphatic rings. The van der Waals surface area contributed by atoms with Crippen LogP contribution >= 0.6 is 7.14 Å². The quantitative estimate of drug-likeness (QED) is 0.545. The molecule has 0 aliphatic carbocycles. The van der Waals surface area contributed by atoms with Crippen LogP contribution in [0.3, 0.4) is 0 Å². The first-order valence-electron chi connectivity index (χ1n) is 4.05. The van der Waals surface area contributed by atoms with E-state index in [1.54, 1.807) is 19.4 Å². The van der Waals surface area contributed by atoms with Crippen molar-refractivity contribution in [2.45, 2.75) is 0 Å². The lowest BCUT2D eigenvalue weighted by Gasteiger charge is -2.06. The van der Waals surface area contributed by atoms with E-state index in [2.05, 4.69) is 9.72 Å². The van der Waals surface area contributed by atoms with Crippen molar-refractivity contribution < 1.29 is 14.1 Å². The van der Waals surface area contributed by atoms with Gasteiger partial charge in [0.2, 0.25) is 0 Å². The van der Waals surface area contributed by atoms with Crippen molar-refractivity contribution in [2.75, 3.05) is 20.4 Å². The number of hydrogen-bond acceptors (Lipinski definition) is 4. The van der Waals surface area contributed by atoms with Crippen molar-refractivity contribution in [1.29, 1.82) is 0 Å². The van der Waals surface area contributed by atoms with Crippen LogP contribution in [0, 0.1) is 0 Å². The molecule has 0 amide bonds. The number of pyridine rings is 1. The molecule has 0 unspecified atom stereocenters. The fraction of sp³-hybridized carbons (Fsp3) is 0.333. The summed E-state index contributed by atoms with van der Waals surface area (Å²) in [7, 11) is -0.997. The Morgan fingerprint density at radius 3 is 2.43 bits per heavy atom. The number of nitrogens with zero attached hydrogens (tertiary/aromatic N) is 1. The van der Waals surface area contributed by atoms with Gasteiger partial charge in [-0.1, -0.05) is 0 Å². The van der Waals surface area contributed by atoms with Crippen LogP contribution in [0.1, 0.15) is 10.5 Å². The molecule has 76 valence electrons. The van der Waals surface area contributed by atoms with Crippen LogP contribution < -0.4 is 5.30 Å². The minimum Gasteiger partial charge on any atom is -0.464 e. The molecule has 0 saturated carbocycles. The summed E-state index contributed by atoms with van der Waals surface area (Å²) in [4.78, 5) is 14.9. The van der Waals surface area contributed by atoms with Gasteiger partial charge in [0, 0.05) is 11.5 Å². The van der Waals surface area contributed by atoms with E-state index in [0.29, 0.717) is 5.30 Å². The smallest absolute Gasteiger partial charge is 0.356 e. The molecular formula is C9H12NO3P. The van der Waals surface area contributed by atoms with Gasteiger partial charge in [0.15, 0.2) is 0 Å². The third-order valence-corrected chi connectivity index (χ3v) is 3.27. The number of rotatable bonds is 2. The summed E-state index contributed by atoms with van der Waals surface area (Å²) in [6, 6.07) is 3.15. The van der Waals surface area contributed by atoms with Crippen LogP contribution in [0.4, 0.5) is 0 Å². The van der Waals surface area contributed by atoms with Gasteiger partial charge in [-0.3, -0.25) is 0 Å². The van der Waals surface area contributed by atoms with Crippen LogP contribution in [0.5, 0.6) is 0 Å². The van der Waals surface area contributed by atoms with E-state index >= 15 is 0 Å². The lowest BCUT2D eigenvalue weighted by Crippen LogP contribution is -2.09. The maximum atomic E-state index is 11.6. The Labute approximate surface area is 82.7 Å². The number of hydrogen-bond donors (Lipinski definition) is 0. The van der Waals surface area contributed by atoms with Crippen molar-refractivity contribution in [3.63, 3.8) is 0 Å². The monoisotopic (exact) mass is 213 g/mol. The fourth-order valence-corrected chi connectivity index (χ4v) is 1.70. The SMILES string of the molecule is COC(=O)c1ccc(P(C)(C)=O)cn1. The van der Waals surface area contributed by atoms with Crippen LogP contribution in [-0.4, -0.2) is 31.4 Å². The van der Waals surface area contributed by atoms with Gasteiger partial charge in [0.25, 0.3) is 0 Å². The third kappa shape index (κ3) is 2.42. The van der Waals surface area contributed by atoms with Crippen LogP contribution in [0.15, 0.2) is 18.3 Å². The molecule has 14 heavy (non-hydrogen) atoms. The van der Waals surface area contributed by atoms with E-state index in [1.807, 2.05) is 0 Å². The second-order valence-corrected chi connectivity index (χ2v) is 6.46. The minimum absolute atomic E-state index is 0.227. The van der Waals surface area contributed by atoms with Gasteiger partial charge in [0.05, 0.1) is 7.11 Å². The number of carbonyl (C=O) groups is 1. The highest BCUT2D eigenvalue weighted by Crippen LogP contribution is 2.33. The molecule has 5 heteroatoms. The van der Waals surface area contributed by atoms with Gasteiger partial charge in [-0.2, -0.15) is 0 Å². The van der Waals surface area contributed by atoms with Gasteiger partial charge >= 0.3 is 5.97 Å². The summed E-state index contributed by atoms with van der Waals surface area (Å²) in [5.41, 5.74) is 0.227. The van der Waals surface area contributed by atoms with Crippen molar-refractivity contribution in [2.24, 2.45) is 0 Å². The Morgan fingerprint density at radius 1 is 1.43 bits per heavy atom. The van der Waals surface area contributed by atoms with Crippen LogP contribution in [0.25, 0.3) is 0 Å². The minimum atomic E-state index is -2.29. The van der Waals surface area contributed by atoms with E-state index in [4.69, 9.17) is 0 Å². The topological polar surface area (TPSA) is 56.3 Å². The van der Waals surface area contributed by atoms with E-state index < -0.39 is 13.1 Å². The molecule has 0 N–H and O–H groups in total. The highest BCUT2D eigenvalue weighted by Gasteiger charge is 2.13. The number of carbonyl (C=O) groups excluding carboxylic acids is 1. The van der Waals surface area contributed by atoms with E-state index in [0.717, 1.165) is 0 Å². The average Bonchev–Trinajstić information content (AvgIpc) is 2.15. The van der Waals surface area contributed by atoms with Crippen LogP contribution in [-0.2, 0) is 9.30 Å². The molecule has 0 bridgehead atoms. The summed E-state index contributed by atoms with van der Waals surface area (Å²) in [6.45, 7) is 3.31. The zero-order valence-corrected chi connectivity index (χ0v) is 9.25. The molecule has 0 saturated heterocycles. The first kappa shape index (κ1) is 10.9. The predicted octanol–water partition coefficient (Wildman–Crippen LogP) is 1.12. The highest BCUT2D eigenvalue weighted by molar-refractivity contribution is 7.70. The molecule has 1 heterocycles. The van der Waals surface area contributed by atoms with Gasteiger partial charge in [-0.25, -0.2) is 9.78 Å². The normalized spacial score (nSPS) is 11.1. The third-order valence-electron chi connectivity index (χ3n) is 1.76. The maximum absolute atomic E-state index is 11.6. The number of aromatic nitrogens is 1. The summed E-state index contributed by atoms with van der Waals surface area (Å²) >= 11 is 0. The van der Waals surface area contributed by atoms with E-state index in [-0.39, 0.29) is 5.69 Å². The zero-order valence-electron chi connectivity index (χ0n) is 8.35. The molecule has 1 aromatic rings. The van der Waals surface area contributed by atoms with Gasteiger partial charge in [-0.05, 0) is 25.5 Å². The molecule has 0 spiro atoms. The molecule has 0 radical (unpaired) electrons. The van der Waals surface area contributed by atoms with Crippen molar-refractivity contribution in [1.82, 2.24) is 4.98 Å². The summed E-state index contributed by atoms with van der Waals surface area (Å²) in [6.07, 6.45) is 1.45. The lowest BCUT2D eigenvalue weighted by atomic mass is 10.3. The summed E-state index contributed by atoms with van der Waals surface area (Å²) in [5.74, 6) is -0.487. The molecule has 0 aromatic carbocycles. The highest BCUT2D eigenvalue weighted by atomic mass is 31.2.